The smallest absolute Gasteiger partial charge is 0.232 e. The predicted molar refractivity (Wildman–Crippen MR) is 77.1 cm³/mol. The van der Waals surface area contributed by atoms with Crippen molar-refractivity contribution < 1.29 is 8.42 Å². The average Bonchev–Trinajstić information content (AvgIpc) is 2.31. The third-order valence-electron chi connectivity index (χ3n) is 2.30. The molecule has 0 aliphatic carbocycles. The van der Waals surface area contributed by atoms with Crippen molar-refractivity contribution in [3.8, 4) is 0 Å². The highest BCUT2D eigenvalue weighted by atomic mass is 79.9. The van der Waals surface area contributed by atoms with E-state index in [1.807, 2.05) is 6.92 Å². The Morgan fingerprint density at radius 3 is 2.83 bits per heavy atom. The molecule has 0 aromatic carbocycles. The maximum atomic E-state index is 11.8. The maximum Gasteiger partial charge on any atom is 0.232 e. The molecule has 0 aliphatic heterocycles. The van der Waals surface area contributed by atoms with E-state index in [4.69, 9.17) is 0 Å². The average molecular weight is 336 g/mol. The van der Waals surface area contributed by atoms with E-state index >= 15 is 0 Å². The summed E-state index contributed by atoms with van der Waals surface area (Å²) in [6, 6.07) is 1.63. The number of sulfonamides is 1. The molecular weight excluding hydrogens is 318 g/mol. The lowest BCUT2D eigenvalue weighted by Gasteiger charge is -2.09. The van der Waals surface area contributed by atoms with Gasteiger partial charge in [-0.2, -0.15) is 0 Å². The lowest BCUT2D eigenvalue weighted by atomic mass is 10.3. The van der Waals surface area contributed by atoms with Gasteiger partial charge in [0.25, 0.3) is 0 Å². The summed E-state index contributed by atoms with van der Waals surface area (Å²) in [5.74, 6) is 0.132. The van der Waals surface area contributed by atoms with Crippen molar-refractivity contribution >= 4 is 31.6 Å². The first-order valence-electron chi connectivity index (χ1n) is 5.86. The summed E-state index contributed by atoms with van der Waals surface area (Å²) in [4.78, 5) is 3.88. The SMILES string of the molecule is CCNCCCCS(=O)(=O)Nc1ccncc1Br. The number of hydrogen-bond acceptors (Lipinski definition) is 4. The van der Waals surface area contributed by atoms with E-state index in [2.05, 4.69) is 31.0 Å². The molecule has 1 aromatic heterocycles. The van der Waals surface area contributed by atoms with Gasteiger partial charge >= 0.3 is 0 Å². The number of nitrogens with one attached hydrogen (secondary N) is 2. The molecule has 0 unspecified atom stereocenters. The van der Waals surface area contributed by atoms with E-state index in [0.29, 0.717) is 16.6 Å². The lowest BCUT2D eigenvalue weighted by Crippen LogP contribution is -2.19. The highest BCUT2D eigenvalue weighted by Crippen LogP contribution is 2.21. The van der Waals surface area contributed by atoms with Gasteiger partial charge in [-0.15, -0.1) is 0 Å². The zero-order valence-electron chi connectivity index (χ0n) is 10.3. The van der Waals surface area contributed by atoms with Gasteiger partial charge in [-0.05, 0) is 47.9 Å². The second-order valence-electron chi connectivity index (χ2n) is 3.84. The Hall–Kier alpha value is -0.660. The number of pyridine rings is 1. The van der Waals surface area contributed by atoms with Crippen molar-refractivity contribution in [3.63, 3.8) is 0 Å². The Balaban J connectivity index is 2.43. The first-order chi connectivity index (χ1) is 8.55. The van der Waals surface area contributed by atoms with E-state index in [-0.39, 0.29) is 5.75 Å². The molecule has 1 aromatic rings. The quantitative estimate of drug-likeness (QED) is 0.712. The minimum absolute atomic E-state index is 0.132. The van der Waals surface area contributed by atoms with E-state index < -0.39 is 10.0 Å². The van der Waals surface area contributed by atoms with Gasteiger partial charge in [-0.3, -0.25) is 9.71 Å². The van der Waals surface area contributed by atoms with Crippen LogP contribution in [-0.4, -0.2) is 32.2 Å². The molecule has 0 aliphatic rings. The van der Waals surface area contributed by atoms with Crippen molar-refractivity contribution in [2.75, 3.05) is 23.6 Å². The number of unbranched alkanes of at least 4 members (excludes halogenated alkanes) is 1. The summed E-state index contributed by atoms with van der Waals surface area (Å²) in [5.41, 5.74) is 0.525. The van der Waals surface area contributed by atoms with Crippen molar-refractivity contribution in [2.24, 2.45) is 0 Å². The Morgan fingerprint density at radius 1 is 1.39 bits per heavy atom. The molecule has 0 atom stereocenters. The standard InChI is InChI=1S/C11H18BrN3O2S/c1-2-13-6-3-4-8-18(16,17)15-11-5-7-14-9-10(11)12/h5,7,9,13H,2-4,6,8H2,1H3,(H,14,15). The topological polar surface area (TPSA) is 71.1 Å². The second-order valence-corrected chi connectivity index (χ2v) is 6.53. The van der Waals surface area contributed by atoms with Crippen LogP contribution in [0, 0.1) is 0 Å². The minimum atomic E-state index is -3.28. The van der Waals surface area contributed by atoms with Gasteiger partial charge < -0.3 is 5.32 Å². The summed E-state index contributed by atoms with van der Waals surface area (Å²) in [6.07, 6.45) is 4.61. The van der Waals surface area contributed by atoms with Gasteiger partial charge in [0.05, 0.1) is 15.9 Å². The fourth-order valence-corrected chi connectivity index (χ4v) is 3.08. The van der Waals surface area contributed by atoms with Gasteiger partial charge in [0.1, 0.15) is 0 Å². The highest BCUT2D eigenvalue weighted by molar-refractivity contribution is 9.10. The van der Waals surface area contributed by atoms with Gasteiger partial charge in [-0.25, -0.2) is 8.42 Å². The zero-order chi connectivity index (χ0) is 13.4. The van der Waals surface area contributed by atoms with Crippen LogP contribution in [-0.2, 0) is 10.0 Å². The summed E-state index contributed by atoms with van der Waals surface area (Å²) < 4.78 is 26.8. The van der Waals surface area contributed by atoms with Gasteiger partial charge in [0, 0.05) is 12.4 Å². The molecule has 2 N–H and O–H groups in total. The number of aromatic nitrogens is 1. The number of halogens is 1. The Bertz CT molecular complexity index is 465. The van der Waals surface area contributed by atoms with Gasteiger partial charge in [0.2, 0.25) is 10.0 Å². The number of rotatable bonds is 8. The third-order valence-corrected chi connectivity index (χ3v) is 4.29. The molecule has 5 nitrogen and oxygen atoms in total. The fourth-order valence-electron chi connectivity index (χ4n) is 1.40. The monoisotopic (exact) mass is 335 g/mol. The Morgan fingerprint density at radius 2 is 2.17 bits per heavy atom. The van der Waals surface area contributed by atoms with E-state index in [1.165, 1.54) is 0 Å². The third kappa shape index (κ3) is 5.79. The molecule has 0 amide bonds. The first-order valence-corrected chi connectivity index (χ1v) is 8.30. The molecule has 1 heterocycles. The second kappa shape index (κ2) is 7.70. The van der Waals surface area contributed by atoms with E-state index in [1.54, 1.807) is 18.5 Å². The van der Waals surface area contributed by atoms with E-state index in [0.717, 1.165) is 19.5 Å². The molecular formula is C11H18BrN3O2S. The number of anilines is 1. The largest absolute Gasteiger partial charge is 0.317 e. The number of hydrogen-bond donors (Lipinski definition) is 2. The van der Waals surface area contributed by atoms with Crippen molar-refractivity contribution in [2.45, 2.75) is 19.8 Å². The van der Waals surface area contributed by atoms with Gasteiger partial charge in [-0.1, -0.05) is 6.92 Å². The number of nitrogens with zero attached hydrogens (tertiary/aromatic N) is 1. The van der Waals surface area contributed by atoms with Crippen LogP contribution in [0.15, 0.2) is 22.9 Å². The summed E-state index contributed by atoms with van der Waals surface area (Å²) >= 11 is 3.25. The summed E-state index contributed by atoms with van der Waals surface area (Å²) in [5, 5.41) is 3.16. The maximum absolute atomic E-state index is 11.8. The molecule has 0 fully saturated rings. The molecule has 0 radical (unpaired) electrons. The van der Waals surface area contributed by atoms with Crippen LogP contribution in [0.3, 0.4) is 0 Å². The van der Waals surface area contributed by atoms with Crippen LogP contribution in [0.25, 0.3) is 0 Å². The molecule has 0 saturated carbocycles. The molecule has 0 saturated heterocycles. The molecule has 1 rings (SSSR count). The van der Waals surface area contributed by atoms with E-state index in [9.17, 15) is 8.42 Å². The summed E-state index contributed by atoms with van der Waals surface area (Å²) in [7, 11) is -3.28. The summed E-state index contributed by atoms with van der Waals surface area (Å²) in [6.45, 7) is 3.79. The molecule has 0 spiro atoms. The van der Waals surface area contributed by atoms with Crippen LogP contribution in [0.5, 0.6) is 0 Å². The minimum Gasteiger partial charge on any atom is -0.317 e. The van der Waals surface area contributed by atoms with Crippen molar-refractivity contribution in [1.29, 1.82) is 0 Å². The molecule has 102 valence electrons. The van der Waals surface area contributed by atoms with Crippen LogP contribution in [0.1, 0.15) is 19.8 Å². The lowest BCUT2D eigenvalue weighted by molar-refractivity contribution is 0.593. The van der Waals surface area contributed by atoms with Crippen LogP contribution < -0.4 is 10.0 Å². The molecule has 18 heavy (non-hydrogen) atoms. The molecule has 0 bridgehead atoms. The van der Waals surface area contributed by atoms with Crippen molar-refractivity contribution in [1.82, 2.24) is 10.3 Å². The Kier molecular flexibility index (Phi) is 6.59. The predicted octanol–water partition coefficient (Wildman–Crippen LogP) is 1.98. The fraction of sp³-hybridized carbons (Fsp3) is 0.545. The Labute approximate surface area is 117 Å². The van der Waals surface area contributed by atoms with Gasteiger partial charge in [0.15, 0.2) is 0 Å². The normalized spacial score (nSPS) is 11.4. The highest BCUT2D eigenvalue weighted by Gasteiger charge is 2.11. The van der Waals surface area contributed by atoms with Crippen molar-refractivity contribution in [3.05, 3.63) is 22.9 Å². The van der Waals surface area contributed by atoms with Crippen LogP contribution in [0.2, 0.25) is 0 Å². The first kappa shape index (κ1) is 15.4. The zero-order valence-corrected chi connectivity index (χ0v) is 12.7. The van der Waals surface area contributed by atoms with Crippen LogP contribution in [0.4, 0.5) is 5.69 Å². The molecule has 7 heteroatoms. The van der Waals surface area contributed by atoms with Crippen LogP contribution >= 0.6 is 15.9 Å².